The summed E-state index contributed by atoms with van der Waals surface area (Å²) in [5.74, 6) is -2.42. The van der Waals surface area contributed by atoms with Gasteiger partial charge in [0.25, 0.3) is 5.91 Å². The highest BCUT2D eigenvalue weighted by Crippen LogP contribution is 2.26. The van der Waals surface area contributed by atoms with E-state index >= 15 is 0 Å². The second-order valence-corrected chi connectivity index (χ2v) is 4.98. The SMILES string of the molecule is O=C(Nc1ccc(F)nc1F)c1csc2ccccc12. The number of amides is 1. The van der Waals surface area contributed by atoms with Crippen LogP contribution in [-0.4, -0.2) is 10.9 Å². The second kappa shape index (κ2) is 4.97. The number of halogens is 2. The highest BCUT2D eigenvalue weighted by Gasteiger charge is 2.14. The zero-order valence-electron chi connectivity index (χ0n) is 10.1. The molecule has 100 valence electrons. The number of fused-ring (bicyclic) bond motifs is 1. The van der Waals surface area contributed by atoms with Crippen molar-refractivity contribution in [3.8, 4) is 0 Å². The summed E-state index contributed by atoms with van der Waals surface area (Å²) in [7, 11) is 0. The number of rotatable bonds is 2. The summed E-state index contributed by atoms with van der Waals surface area (Å²) in [5.41, 5.74) is 0.306. The highest BCUT2D eigenvalue weighted by molar-refractivity contribution is 7.17. The van der Waals surface area contributed by atoms with Crippen LogP contribution in [0.1, 0.15) is 10.4 Å². The molecule has 6 heteroatoms. The number of aromatic nitrogens is 1. The molecule has 1 aromatic carbocycles. The molecule has 0 atom stereocenters. The molecule has 2 aromatic heterocycles. The van der Waals surface area contributed by atoms with Gasteiger partial charge in [-0.15, -0.1) is 11.3 Å². The van der Waals surface area contributed by atoms with E-state index in [1.807, 2.05) is 24.3 Å². The van der Waals surface area contributed by atoms with E-state index in [1.54, 1.807) is 5.38 Å². The van der Waals surface area contributed by atoms with Crippen LogP contribution in [0.2, 0.25) is 0 Å². The second-order valence-electron chi connectivity index (χ2n) is 4.07. The average Bonchev–Trinajstić information content (AvgIpc) is 2.86. The van der Waals surface area contributed by atoms with E-state index in [1.165, 1.54) is 11.3 Å². The van der Waals surface area contributed by atoms with Gasteiger partial charge in [0.1, 0.15) is 0 Å². The van der Waals surface area contributed by atoms with Crippen LogP contribution in [-0.2, 0) is 0 Å². The molecule has 0 aliphatic carbocycles. The number of pyridine rings is 1. The van der Waals surface area contributed by atoms with Crippen LogP contribution < -0.4 is 5.32 Å². The van der Waals surface area contributed by atoms with E-state index < -0.39 is 17.8 Å². The van der Waals surface area contributed by atoms with E-state index in [0.29, 0.717) is 5.56 Å². The molecule has 0 spiro atoms. The number of nitrogens with zero attached hydrogens (tertiary/aromatic N) is 1. The lowest BCUT2D eigenvalue weighted by Crippen LogP contribution is -2.13. The molecule has 0 radical (unpaired) electrons. The number of benzene rings is 1. The molecule has 3 aromatic rings. The zero-order valence-corrected chi connectivity index (χ0v) is 10.9. The Balaban J connectivity index is 1.93. The van der Waals surface area contributed by atoms with Gasteiger partial charge in [-0.05, 0) is 18.2 Å². The standard InChI is InChI=1S/C14H8F2N2OS/c15-12-6-5-10(13(16)18-12)17-14(19)9-7-20-11-4-2-1-3-8(9)11/h1-7H,(H,17,19). The molecule has 2 heterocycles. The Morgan fingerprint density at radius 3 is 2.75 bits per heavy atom. The normalized spacial score (nSPS) is 10.7. The van der Waals surface area contributed by atoms with Gasteiger partial charge < -0.3 is 5.32 Å². The number of hydrogen-bond acceptors (Lipinski definition) is 3. The minimum Gasteiger partial charge on any atom is -0.318 e. The molecule has 0 aliphatic heterocycles. The Hall–Kier alpha value is -2.34. The lowest BCUT2D eigenvalue weighted by atomic mass is 10.1. The number of carbonyl (C=O) groups is 1. The fourth-order valence-corrected chi connectivity index (χ4v) is 2.79. The minimum atomic E-state index is -1.04. The number of carbonyl (C=O) groups excluding carboxylic acids is 1. The van der Waals surface area contributed by atoms with Crippen molar-refractivity contribution in [2.45, 2.75) is 0 Å². The summed E-state index contributed by atoms with van der Waals surface area (Å²) in [6, 6.07) is 9.56. The molecule has 0 unspecified atom stereocenters. The summed E-state index contributed by atoms with van der Waals surface area (Å²) in [6.45, 7) is 0. The van der Waals surface area contributed by atoms with Crippen molar-refractivity contribution >= 4 is 33.0 Å². The Morgan fingerprint density at radius 1 is 1.15 bits per heavy atom. The van der Waals surface area contributed by atoms with Crippen molar-refractivity contribution in [2.75, 3.05) is 5.32 Å². The van der Waals surface area contributed by atoms with Gasteiger partial charge in [0.15, 0.2) is 0 Å². The van der Waals surface area contributed by atoms with Crippen LogP contribution in [0.4, 0.5) is 14.5 Å². The third-order valence-corrected chi connectivity index (χ3v) is 3.75. The van der Waals surface area contributed by atoms with Gasteiger partial charge in [0.05, 0.1) is 11.3 Å². The molecular weight excluding hydrogens is 282 g/mol. The lowest BCUT2D eigenvalue weighted by molar-refractivity contribution is 0.102. The molecular formula is C14H8F2N2OS. The maximum absolute atomic E-state index is 13.4. The minimum absolute atomic E-state index is 0.147. The lowest BCUT2D eigenvalue weighted by Gasteiger charge is -2.05. The quantitative estimate of drug-likeness (QED) is 0.729. The first kappa shape index (κ1) is 12.7. The van der Waals surface area contributed by atoms with Gasteiger partial charge in [-0.1, -0.05) is 18.2 Å². The molecule has 0 saturated carbocycles. The van der Waals surface area contributed by atoms with Crippen molar-refractivity contribution in [3.63, 3.8) is 0 Å². The fourth-order valence-electron chi connectivity index (χ4n) is 1.85. The number of nitrogens with one attached hydrogen (secondary N) is 1. The van der Waals surface area contributed by atoms with Crippen LogP contribution >= 0.6 is 11.3 Å². The first-order valence-electron chi connectivity index (χ1n) is 5.75. The number of thiophene rings is 1. The number of anilines is 1. The first-order valence-corrected chi connectivity index (χ1v) is 6.63. The van der Waals surface area contributed by atoms with Crippen LogP contribution in [0.3, 0.4) is 0 Å². The third-order valence-electron chi connectivity index (χ3n) is 2.79. The molecule has 0 saturated heterocycles. The van der Waals surface area contributed by atoms with Gasteiger partial charge >= 0.3 is 0 Å². The van der Waals surface area contributed by atoms with Crippen LogP contribution in [0.25, 0.3) is 10.1 Å². The molecule has 3 nitrogen and oxygen atoms in total. The molecule has 0 bridgehead atoms. The van der Waals surface area contributed by atoms with E-state index in [9.17, 15) is 13.6 Å². The van der Waals surface area contributed by atoms with E-state index in [4.69, 9.17) is 0 Å². The van der Waals surface area contributed by atoms with E-state index in [-0.39, 0.29) is 5.69 Å². The summed E-state index contributed by atoms with van der Waals surface area (Å²) in [5, 5.41) is 4.90. The summed E-state index contributed by atoms with van der Waals surface area (Å²) in [4.78, 5) is 15.2. The monoisotopic (exact) mass is 290 g/mol. The summed E-state index contributed by atoms with van der Waals surface area (Å²) in [6.07, 6.45) is 0. The van der Waals surface area contributed by atoms with Gasteiger partial charge in [0.2, 0.25) is 11.9 Å². The smallest absolute Gasteiger partial charge is 0.257 e. The molecule has 1 N–H and O–H groups in total. The van der Waals surface area contributed by atoms with Gasteiger partial charge in [-0.3, -0.25) is 4.79 Å². The van der Waals surface area contributed by atoms with Gasteiger partial charge in [-0.2, -0.15) is 13.8 Å². The Kier molecular flexibility index (Phi) is 3.15. The van der Waals surface area contributed by atoms with E-state index in [2.05, 4.69) is 10.3 Å². The molecule has 3 rings (SSSR count). The van der Waals surface area contributed by atoms with E-state index in [0.717, 1.165) is 22.2 Å². The predicted octanol–water partition coefficient (Wildman–Crippen LogP) is 3.83. The van der Waals surface area contributed by atoms with Crippen molar-refractivity contribution in [3.05, 3.63) is 59.2 Å². The van der Waals surface area contributed by atoms with Crippen molar-refractivity contribution in [2.24, 2.45) is 0 Å². The average molecular weight is 290 g/mol. The molecule has 20 heavy (non-hydrogen) atoms. The van der Waals surface area contributed by atoms with Gasteiger partial charge in [0, 0.05) is 15.5 Å². The topological polar surface area (TPSA) is 42.0 Å². The Morgan fingerprint density at radius 2 is 1.95 bits per heavy atom. The van der Waals surface area contributed by atoms with Crippen molar-refractivity contribution in [1.29, 1.82) is 0 Å². The van der Waals surface area contributed by atoms with Crippen molar-refractivity contribution < 1.29 is 13.6 Å². The third kappa shape index (κ3) is 2.25. The van der Waals surface area contributed by atoms with Gasteiger partial charge in [-0.25, -0.2) is 0 Å². The Bertz CT molecular complexity index is 801. The number of hydrogen-bond donors (Lipinski definition) is 1. The Labute approximate surface area is 116 Å². The largest absolute Gasteiger partial charge is 0.318 e. The summed E-state index contributed by atoms with van der Waals surface area (Å²) >= 11 is 1.43. The molecule has 0 fully saturated rings. The fraction of sp³-hybridized carbons (Fsp3) is 0. The molecule has 0 aliphatic rings. The zero-order chi connectivity index (χ0) is 14.1. The van der Waals surface area contributed by atoms with Crippen LogP contribution in [0, 0.1) is 11.9 Å². The summed E-state index contributed by atoms with van der Waals surface area (Å²) < 4.78 is 27.1. The van der Waals surface area contributed by atoms with Crippen molar-refractivity contribution in [1.82, 2.24) is 4.98 Å². The van der Waals surface area contributed by atoms with Crippen LogP contribution in [0.5, 0.6) is 0 Å². The van der Waals surface area contributed by atoms with Crippen LogP contribution in [0.15, 0.2) is 41.8 Å². The predicted molar refractivity (Wildman–Crippen MR) is 73.9 cm³/mol. The first-order chi connectivity index (χ1) is 9.65. The highest BCUT2D eigenvalue weighted by atomic mass is 32.1. The maximum Gasteiger partial charge on any atom is 0.257 e. The molecule has 1 amide bonds. The maximum atomic E-state index is 13.4.